The normalized spacial score (nSPS) is 23.2. The summed E-state index contributed by atoms with van der Waals surface area (Å²) < 4.78 is 36.1. The van der Waals surface area contributed by atoms with Crippen LogP contribution in [0.1, 0.15) is 0 Å². The Hall–Kier alpha value is -0.850. The van der Waals surface area contributed by atoms with Gasteiger partial charge in [-0.05, 0) is 6.26 Å². The number of hydrogen-bond donors (Lipinski definition) is 0. The zero-order chi connectivity index (χ0) is 10.1. The number of aliphatic imine (C=N–C) groups is 2. The monoisotopic (exact) mass is 210 g/mol. The molecule has 13 heavy (non-hydrogen) atoms. The van der Waals surface area contributed by atoms with Gasteiger partial charge < -0.3 is 0 Å². The summed E-state index contributed by atoms with van der Waals surface area (Å²) in [6.07, 6.45) is -2.42. The number of carbonyl (C=O) groups is 1. The molecule has 0 saturated heterocycles. The molecule has 1 rings (SSSR count). The molecule has 0 fully saturated rings. The van der Waals surface area contributed by atoms with E-state index in [-0.39, 0.29) is 5.17 Å². The molecule has 0 aromatic carbocycles. The van der Waals surface area contributed by atoms with E-state index in [9.17, 15) is 18.0 Å². The van der Waals surface area contributed by atoms with Crippen LogP contribution in [-0.4, -0.2) is 29.7 Å². The highest BCUT2D eigenvalue weighted by Gasteiger charge is 2.45. The molecule has 72 valence electrons. The minimum absolute atomic E-state index is 0.0606. The third-order valence-electron chi connectivity index (χ3n) is 1.34. The van der Waals surface area contributed by atoms with Gasteiger partial charge in [-0.3, -0.25) is 4.79 Å². The van der Waals surface area contributed by atoms with Gasteiger partial charge in [0.1, 0.15) is 0 Å². The van der Waals surface area contributed by atoms with Gasteiger partial charge in [0.05, 0.1) is 0 Å². The minimum Gasteiger partial charge on any atom is -0.271 e. The summed E-state index contributed by atoms with van der Waals surface area (Å²) in [5, 5.41) is 0.0606. The molecule has 1 amide bonds. The summed E-state index contributed by atoms with van der Waals surface area (Å²) in [6.45, 7) is 0. The fourth-order valence-corrected chi connectivity index (χ4v) is 1.07. The maximum absolute atomic E-state index is 12.0. The molecule has 0 radical (unpaired) electrons. The van der Waals surface area contributed by atoms with Crippen molar-refractivity contribution in [1.29, 1.82) is 0 Å². The largest absolute Gasteiger partial charge is 0.405 e. The van der Waals surface area contributed by atoms with Crippen molar-refractivity contribution in [2.75, 3.05) is 6.26 Å². The van der Waals surface area contributed by atoms with Crippen molar-refractivity contribution in [3.8, 4) is 0 Å². The van der Waals surface area contributed by atoms with Crippen LogP contribution in [0.5, 0.6) is 0 Å². The highest BCUT2D eigenvalue weighted by atomic mass is 32.2. The lowest BCUT2D eigenvalue weighted by molar-refractivity contribution is -0.165. The van der Waals surface area contributed by atoms with Crippen LogP contribution >= 0.6 is 11.8 Å². The van der Waals surface area contributed by atoms with Crippen LogP contribution in [0, 0.1) is 5.92 Å². The summed E-state index contributed by atoms with van der Waals surface area (Å²) in [5.74, 6) is -3.38. The number of hydrogen-bond acceptors (Lipinski definition) is 3. The molecule has 1 unspecified atom stereocenters. The molecule has 0 aromatic heterocycles. The standard InChI is InChI=1S/C6H5F3N2OS/c1-13-5-10-2-3(4(12)11-5)6(7,8)9/h2-3H,1H3. The quantitative estimate of drug-likeness (QED) is 0.608. The van der Waals surface area contributed by atoms with Crippen molar-refractivity contribution in [2.45, 2.75) is 6.18 Å². The Labute approximate surface area is 76.1 Å². The van der Waals surface area contributed by atoms with E-state index >= 15 is 0 Å². The third-order valence-corrected chi connectivity index (χ3v) is 1.90. The number of amides is 1. The summed E-state index contributed by atoms with van der Waals surface area (Å²) in [5.41, 5.74) is 0. The van der Waals surface area contributed by atoms with Gasteiger partial charge in [0.25, 0.3) is 5.91 Å². The van der Waals surface area contributed by atoms with Crippen molar-refractivity contribution in [2.24, 2.45) is 15.9 Å². The lowest BCUT2D eigenvalue weighted by atomic mass is 10.1. The highest BCUT2D eigenvalue weighted by Crippen LogP contribution is 2.28. The van der Waals surface area contributed by atoms with Crippen molar-refractivity contribution in [1.82, 2.24) is 0 Å². The molecule has 1 atom stereocenters. The van der Waals surface area contributed by atoms with Gasteiger partial charge in [0.15, 0.2) is 11.1 Å². The first-order valence-corrected chi connectivity index (χ1v) is 4.45. The van der Waals surface area contributed by atoms with Crippen LogP contribution < -0.4 is 0 Å². The van der Waals surface area contributed by atoms with E-state index in [1.165, 1.54) is 0 Å². The van der Waals surface area contributed by atoms with Crippen molar-refractivity contribution in [3.63, 3.8) is 0 Å². The van der Waals surface area contributed by atoms with Crippen LogP contribution in [0.4, 0.5) is 13.2 Å². The zero-order valence-corrected chi connectivity index (χ0v) is 7.32. The molecule has 3 nitrogen and oxygen atoms in total. The van der Waals surface area contributed by atoms with Gasteiger partial charge >= 0.3 is 6.18 Å². The molecule has 0 aliphatic carbocycles. The van der Waals surface area contributed by atoms with Gasteiger partial charge in [-0.2, -0.15) is 18.2 Å². The van der Waals surface area contributed by atoms with Crippen LogP contribution in [-0.2, 0) is 4.79 Å². The van der Waals surface area contributed by atoms with Gasteiger partial charge in [0.2, 0.25) is 0 Å². The molecule has 0 spiro atoms. The van der Waals surface area contributed by atoms with Crippen LogP contribution in [0.25, 0.3) is 0 Å². The Balaban J connectivity index is 2.84. The Kier molecular flexibility index (Phi) is 2.74. The van der Waals surface area contributed by atoms with Crippen LogP contribution in [0.3, 0.4) is 0 Å². The molecule has 0 bridgehead atoms. The first-order chi connectivity index (χ1) is 5.95. The maximum Gasteiger partial charge on any atom is 0.405 e. The number of rotatable bonds is 0. The lowest BCUT2D eigenvalue weighted by Gasteiger charge is -2.15. The average molecular weight is 210 g/mol. The van der Waals surface area contributed by atoms with E-state index in [1.54, 1.807) is 6.26 Å². The van der Waals surface area contributed by atoms with Crippen LogP contribution in [0.2, 0.25) is 0 Å². The highest BCUT2D eigenvalue weighted by molar-refractivity contribution is 8.13. The number of alkyl halides is 3. The minimum atomic E-state index is -4.59. The number of carbonyl (C=O) groups excluding carboxylic acids is 1. The Morgan fingerprint density at radius 1 is 1.54 bits per heavy atom. The fourth-order valence-electron chi connectivity index (χ4n) is 0.718. The fraction of sp³-hybridized carbons (Fsp3) is 0.500. The number of thioether (sulfide) groups is 1. The Bertz CT molecular complexity index is 284. The van der Waals surface area contributed by atoms with Crippen LogP contribution in [0.15, 0.2) is 9.98 Å². The Morgan fingerprint density at radius 3 is 2.54 bits per heavy atom. The Morgan fingerprint density at radius 2 is 2.15 bits per heavy atom. The first-order valence-electron chi connectivity index (χ1n) is 3.22. The maximum atomic E-state index is 12.0. The van der Waals surface area contributed by atoms with Crippen molar-refractivity contribution >= 4 is 29.1 Å². The number of nitrogens with zero attached hydrogens (tertiary/aromatic N) is 2. The molecule has 0 N–H and O–H groups in total. The van der Waals surface area contributed by atoms with E-state index in [1.807, 2.05) is 0 Å². The average Bonchev–Trinajstić information content (AvgIpc) is 2.01. The molecular weight excluding hydrogens is 205 g/mol. The van der Waals surface area contributed by atoms with E-state index in [4.69, 9.17) is 0 Å². The van der Waals surface area contributed by atoms with Gasteiger partial charge in [-0.25, -0.2) is 4.99 Å². The SMILES string of the molecule is CSC1=NC(=O)C(C(F)(F)F)C=N1. The van der Waals surface area contributed by atoms with E-state index in [0.717, 1.165) is 11.8 Å². The summed E-state index contributed by atoms with van der Waals surface area (Å²) >= 11 is 1.03. The van der Waals surface area contributed by atoms with Gasteiger partial charge in [-0.15, -0.1) is 0 Å². The van der Waals surface area contributed by atoms with E-state index in [0.29, 0.717) is 6.21 Å². The summed E-state index contributed by atoms with van der Waals surface area (Å²) in [7, 11) is 0. The zero-order valence-electron chi connectivity index (χ0n) is 6.50. The molecule has 0 saturated carbocycles. The molecule has 1 aliphatic heterocycles. The van der Waals surface area contributed by atoms with Gasteiger partial charge in [-0.1, -0.05) is 11.8 Å². The summed E-state index contributed by atoms with van der Waals surface area (Å²) in [4.78, 5) is 17.4. The lowest BCUT2D eigenvalue weighted by Crippen LogP contribution is -2.33. The first kappa shape index (κ1) is 10.2. The smallest absolute Gasteiger partial charge is 0.271 e. The van der Waals surface area contributed by atoms with Crippen molar-refractivity contribution in [3.05, 3.63) is 0 Å². The van der Waals surface area contributed by atoms with Crippen molar-refractivity contribution < 1.29 is 18.0 Å². The molecular formula is C6H5F3N2OS. The molecule has 7 heteroatoms. The van der Waals surface area contributed by atoms with E-state index in [2.05, 4.69) is 9.98 Å². The third kappa shape index (κ3) is 2.30. The topological polar surface area (TPSA) is 41.8 Å². The predicted molar refractivity (Wildman–Crippen MR) is 44.0 cm³/mol. The molecule has 1 heterocycles. The number of halogens is 3. The second-order valence-corrected chi connectivity index (χ2v) is 3.01. The predicted octanol–water partition coefficient (Wildman–Crippen LogP) is 1.49. The second-order valence-electron chi connectivity index (χ2n) is 2.23. The van der Waals surface area contributed by atoms with Gasteiger partial charge in [0, 0.05) is 6.21 Å². The van der Waals surface area contributed by atoms with E-state index < -0.39 is 18.0 Å². The molecule has 0 aromatic rings. The number of amidine groups is 1. The molecule has 1 aliphatic rings. The second kappa shape index (κ2) is 3.49. The summed E-state index contributed by atoms with van der Waals surface area (Å²) in [6, 6.07) is 0.